The Morgan fingerprint density at radius 1 is 1.20 bits per heavy atom. The molecule has 0 aliphatic carbocycles. The highest BCUT2D eigenvalue weighted by Gasteiger charge is 2.19. The molecule has 0 saturated carbocycles. The minimum absolute atomic E-state index is 0.0955. The highest BCUT2D eigenvalue weighted by molar-refractivity contribution is 7.92. The smallest absolute Gasteiger partial charge is 0.264 e. The summed E-state index contributed by atoms with van der Waals surface area (Å²) in [5, 5.41) is 0. The highest BCUT2D eigenvalue weighted by atomic mass is 32.2. The Labute approximate surface area is 116 Å². The lowest BCUT2D eigenvalue weighted by Gasteiger charge is -2.10. The number of hydrogen-bond acceptors (Lipinski definition) is 5. The van der Waals surface area contributed by atoms with E-state index in [0.717, 1.165) is 6.42 Å². The monoisotopic (exact) mass is 295 g/mol. The molecule has 2 aromatic rings. The maximum atomic E-state index is 12.2. The van der Waals surface area contributed by atoms with Gasteiger partial charge in [-0.15, -0.1) is 0 Å². The van der Waals surface area contributed by atoms with Crippen LogP contribution in [-0.2, 0) is 10.0 Å². The molecule has 2 heterocycles. The summed E-state index contributed by atoms with van der Waals surface area (Å²) in [4.78, 5) is 6.60. The molecule has 0 radical (unpaired) electrons. The summed E-state index contributed by atoms with van der Waals surface area (Å²) in [6, 6.07) is 4.52. The van der Waals surface area contributed by atoms with Crippen molar-refractivity contribution in [3.63, 3.8) is 0 Å². The van der Waals surface area contributed by atoms with Crippen LogP contribution < -0.4 is 14.2 Å². The van der Waals surface area contributed by atoms with Gasteiger partial charge in [0.1, 0.15) is 0 Å². The van der Waals surface area contributed by atoms with Gasteiger partial charge in [-0.3, -0.25) is 0 Å². The third-order valence-electron chi connectivity index (χ3n) is 2.76. The maximum absolute atomic E-state index is 12.2. The van der Waals surface area contributed by atoms with Crippen molar-refractivity contribution in [3.05, 3.63) is 30.6 Å². The molecule has 1 aliphatic rings. The average Bonchev–Trinajstić information content (AvgIpc) is 2.80. The van der Waals surface area contributed by atoms with Crippen molar-refractivity contribution >= 4 is 16.0 Å². The molecule has 0 amide bonds. The van der Waals surface area contributed by atoms with Crippen molar-refractivity contribution in [2.75, 3.05) is 17.9 Å². The van der Waals surface area contributed by atoms with Crippen molar-refractivity contribution in [1.29, 1.82) is 0 Å². The van der Waals surface area contributed by atoms with Crippen LogP contribution in [-0.4, -0.2) is 31.6 Å². The number of nitrogens with zero attached hydrogens (tertiary/aromatic N) is 1. The molecule has 0 unspecified atom stereocenters. The van der Waals surface area contributed by atoms with Crippen LogP contribution in [0.5, 0.6) is 11.5 Å². The van der Waals surface area contributed by atoms with Gasteiger partial charge >= 0.3 is 0 Å². The molecule has 0 bridgehead atoms. The molecule has 1 aliphatic heterocycles. The van der Waals surface area contributed by atoms with Crippen LogP contribution in [0.4, 0.5) is 5.95 Å². The Morgan fingerprint density at radius 2 is 2.00 bits per heavy atom. The molecule has 8 heteroatoms. The second-order valence-electron chi connectivity index (χ2n) is 4.20. The first-order valence-corrected chi connectivity index (χ1v) is 7.55. The number of benzene rings is 1. The van der Waals surface area contributed by atoms with E-state index in [4.69, 9.17) is 9.47 Å². The predicted molar refractivity (Wildman–Crippen MR) is 71.4 cm³/mol. The van der Waals surface area contributed by atoms with Gasteiger partial charge in [0.2, 0.25) is 5.95 Å². The molecule has 0 atom stereocenters. The number of aromatic amines is 1. The maximum Gasteiger partial charge on any atom is 0.264 e. The minimum atomic E-state index is -3.71. The molecule has 1 aromatic heterocycles. The zero-order valence-corrected chi connectivity index (χ0v) is 11.3. The van der Waals surface area contributed by atoms with E-state index in [1.54, 1.807) is 6.07 Å². The lowest BCUT2D eigenvalue weighted by atomic mass is 10.3. The van der Waals surface area contributed by atoms with Gasteiger partial charge in [0, 0.05) is 24.9 Å². The van der Waals surface area contributed by atoms with Crippen molar-refractivity contribution < 1.29 is 17.9 Å². The number of ether oxygens (including phenoxy) is 2. The van der Waals surface area contributed by atoms with E-state index >= 15 is 0 Å². The van der Waals surface area contributed by atoms with Gasteiger partial charge in [0.05, 0.1) is 18.1 Å². The van der Waals surface area contributed by atoms with Crippen molar-refractivity contribution in [2.24, 2.45) is 0 Å². The Morgan fingerprint density at radius 3 is 2.75 bits per heavy atom. The predicted octanol–water partition coefficient (Wildman–Crippen LogP) is 1.37. The zero-order chi connectivity index (χ0) is 14.0. The molecular formula is C12H13N3O4S. The fourth-order valence-electron chi connectivity index (χ4n) is 1.82. The van der Waals surface area contributed by atoms with E-state index in [1.165, 1.54) is 24.5 Å². The first-order valence-electron chi connectivity index (χ1n) is 6.07. The summed E-state index contributed by atoms with van der Waals surface area (Å²) < 4.78 is 37.7. The van der Waals surface area contributed by atoms with E-state index in [0.29, 0.717) is 24.7 Å². The first-order chi connectivity index (χ1) is 9.65. The molecule has 2 N–H and O–H groups in total. The lowest BCUT2D eigenvalue weighted by molar-refractivity contribution is 0.297. The molecule has 0 fully saturated rings. The first kappa shape index (κ1) is 12.8. The molecular weight excluding hydrogens is 282 g/mol. The quantitative estimate of drug-likeness (QED) is 0.892. The van der Waals surface area contributed by atoms with Gasteiger partial charge in [-0.25, -0.2) is 18.1 Å². The Bertz CT molecular complexity index is 697. The summed E-state index contributed by atoms with van der Waals surface area (Å²) in [5.41, 5.74) is 0. The van der Waals surface area contributed by atoms with Crippen molar-refractivity contribution in [3.8, 4) is 11.5 Å². The number of H-pyrrole nitrogens is 1. The van der Waals surface area contributed by atoms with Crippen LogP contribution in [0.25, 0.3) is 0 Å². The number of nitrogens with one attached hydrogen (secondary N) is 2. The summed E-state index contributed by atoms with van der Waals surface area (Å²) in [5.74, 6) is 1.15. The van der Waals surface area contributed by atoms with Crippen LogP contribution in [0.1, 0.15) is 6.42 Å². The van der Waals surface area contributed by atoms with E-state index in [2.05, 4.69) is 14.7 Å². The van der Waals surface area contributed by atoms with Crippen molar-refractivity contribution in [1.82, 2.24) is 9.97 Å². The van der Waals surface area contributed by atoms with Crippen LogP contribution >= 0.6 is 0 Å². The van der Waals surface area contributed by atoms with E-state index in [1.807, 2.05) is 0 Å². The summed E-state index contributed by atoms with van der Waals surface area (Å²) in [6.07, 6.45) is 3.76. The standard InChI is InChI=1S/C12H13N3O4S/c16-20(17,15-12-13-4-5-14-12)9-2-3-10-11(8-9)19-7-1-6-18-10/h2-5,8H,1,6-7H2,(H2,13,14,15). The number of imidazole rings is 1. The molecule has 0 saturated heterocycles. The van der Waals surface area contributed by atoms with Crippen LogP contribution in [0.2, 0.25) is 0 Å². The van der Waals surface area contributed by atoms with Gasteiger partial charge < -0.3 is 14.5 Å². The molecule has 0 spiro atoms. The van der Waals surface area contributed by atoms with Gasteiger partial charge in [-0.1, -0.05) is 0 Å². The van der Waals surface area contributed by atoms with Gasteiger partial charge in [-0.2, -0.15) is 0 Å². The third kappa shape index (κ3) is 2.55. The van der Waals surface area contributed by atoms with Crippen molar-refractivity contribution in [2.45, 2.75) is 11.3 Å². The normalized spacial score (nSPS) is 14.6. The lowest BCUT2D eigenvalue weighted by Crippen LogP contribution is -2.14. The molecule has 1 aromatic carbocycles. The number of hydrogen-bond donors (Lipinski definition) is 2. The molecule has 7 nitrogen and oxygen atoms in total. The van der Waals surface area contributed by atoms with Crippen LogP contribution in [0.3, 0.4) is 0 Å². The SMILES string of the molecule is O=S(=O)(Nc1ncc[nH]1)c1ccc2c(c1)OCCCO2. The fourth-order valence-corrected chi connectivity index (χ4v) is 2.81. The third-order valence-corrected chi connectivity index (χ3v) is 4.10. The van der Waals surface area contributed by atoms with Gasteiger partial charge in [0.15, 0.2) is 11.5 Å². The fraction of sp³-hybridized carbons (Fsp3) is 0.250. The van der Waals surface area contributed by atoms with E-state index < -0.39 is 10.0 Å². The van der Waals surface area contributed by atoms with Gasteiger partial charge in [0.25, 0.3) is 10.0 Å². The number of aromatic nitrogens is 2. The Balaban J connectivity index is 1.92. The summed E-state index contributed by atoms with van der Waals surface area (Å²) in [6.45, 7) is 1.06. The number of rotatable bonds is 3. The largest absolute Gasteiger partial charge is 0.490 e. The van der Waals surface area contributed by atoms with Crippen LogP contribution in [0, 0.1) is 0 Å². The summed E-state index contributed by atoms with van der Waals surface area (Å²) >= 11 is 0. The highest BCUT2D eigenvalue weighted by Crippen LogP contribution is 2.32. The number of anilines is 1. The Hall–Kier alpha value is -2.22. The average molecular weight is 295 g/mol. The zero-order valence-electron chi connectivity index (χ0n) is 10.5. The second kappa shape index (κ2) is 5.04. The summed E-state index contributed by atoms with van der Waals surface area (Å²) in [7, 11) is -3.71. The van der Waals surface area contributed by atoms with Crippen LogP contribution in [0.15, 0.2) is 35.5 Å². The van der Waals surface area contributed by atoms with Gasteiger partial charge in [-0.05, 0) is 12.1 Å². The Kier molecular flexibility index (Phi) is 3.23. The van der Waals surface area contributed by atoms with E-state index in [-0.39, 0.29) is 10.8 Å². The number of fused-ring (bicyclic) bond motifs is 1. The topological polar surface area (TPSA) is 93.3 Å². The second-order valence-corrected chi connectivity index (χ2v) is 5.88. The minimum Gasteiger partial charge on any atom is -0.490 e. The van der Waals surface area contributed by atoms with E-state index in [9.17, 15) is 8.42 Å². The number of sulfonamides is 1. The molecule has 20 heavy (non-hydrogen) atoms. The molecule has 106 valence electrons. The molecule has 3 rings (SSSR count).